The van der Waals surface area contributed by atoms with E-state index in [0.29, 0.717) is 0 Å². The van der Waals surface area contributed by atoms with E-state index in [9.17, 15) is 14.4 Å². The van der Waals surface area contributed by atoms with Crippen molar-refractivity contribution in [3.8, 4) is 0 Å². The van der Waals surface area contributed by atoms with E-state index in [1.54, 1.807) is 0 Å². The minimum atomic E-state index is -0.786. The first-order valence-corrected chi connectivity index (χ1v) is 4.16. The number of carbonyl (C=O) groups excluding carboxylic acids is 2. The summed E-state index contributed by atoms with van der Waals surface area (Å²) in [5.74, 6) is -1.22. The Morgan fingerprint density at radius 2 is 2.20 bits per heavy atom. The second-order valence-electron chi connectivity index (χ2n) is 2.90. The summed E-state index contributed by atoms with van der Waals surface area (Å²) in [7, 11) is 0. The molecule has 0 aromatic carbocycles. The highest BCUT2D eigenvalue weighted by atomic mass is 16.2. The van der Waals surface area contributed by atoms with Crippen LogP contribution in [0, 0.1) is 0 Å². The number of carbonyl (C=O) groups is 2. The zero-order chi connectivity index (χ0) is 11.4. The maximum absolute atomic E-state index is 11.4. The molecule has 0 aliphatic carbocycles. The minimum Gasteiger partial charge on any atom is -0.368 e. The molecular weight excluding hydrogens is 200 g/mol. The van der Waals surface area contributed by atoms with E-state index in [1.807, 2.05) is 0 Å². The average molecular weight is 210 g/mol. The summed E-state index contributed by atoms with van der Waals surface area (Å²) in [6.45, 7) is 1.45. The number of rotatable bonds is 3. The third kappa shape index (κ3) is 2.90. The summed E-state index contributed by atoms with van der Waals surface area (Å²) in [5.41, 5.74) is 4.56. The van der Waals surface area contributed by atoms with Crippen LogP contribution in [0.5, 0.6) is 0 Å². The lowest BCUT2D eigenvalue weighted by Crippen LogP contribution is -2.42. The van der Waals surface area contributed by atoms with Gasteiger partial charge in [0.15, 0.2) is 0 Å². The van der Waals surface area contributed by atoms with Gasteiger partial charge in [-0.1, -0.05) is 0 Å². The first-order chi connectivity index (χ1) is 7.00. The molecule has 4 N–H and O–H groups in total. The smallest absolute Gasteiger partial charge is 0.272 e. The van der Waals surface area contributed by atoms with Crippen LogP contribution in [0.25, 0.3) is 0 Å². The van der Waals surface area contributed by atoms with E-state index in [2.05, 4.69) is 15.5 Å². The van der Waals surface area contributed by atoms with Crippen molar-refractivity contribution in [2.24, 2.45) is 5.73 Å². The van der Waals surface area contributed by atoms with Gasteiger partial charge in [-0.25, -0.2) is 5.10 Å². The van der Waals surface area contributed by atoms with Crippen molar-refractivity contribution in [3.63, 3.8) is 0 Å². The molecule has 7 heteroatoms. The Labute approximate surface area is 84.7 Å². The molecule has 0 fully saturated rings. The number of aromatic amines is 1. The first kappa shape index (κ1) is 10.9. The minimum absolute atomic E-state index is 0.0164. The van der Waals surface area contributed by atoms with Crippen molar-refractivity contribution in [1.82, 2.24) is 15.5 Å². The van der Waals surface area contributed by atoms with Gasteiger partial charge in [0.05, 0.1) is 0 Å². The van der Waals surface area contributed by atoms with Gasteiger partial charge in [-0.2, -0.15) is 5.10 Å². The quantitative estimate of drug-likeness (QED) is 0.555. The molecule has 80 valence electrons. The molecule has 0 aliphatic rings. The summed E-state index contributed by atoms with van der Waals surface area (Å²) in [5, 5.41) is 7.91. The second-order valence-corrected chi connectivity index (χ2v) is 2.90. The maximum Gasteiger partial charge on any atom is 0.272 e. The van der Waals surface area contributed by atoms with E-state index < -0.39 is 23.4 Å². The summed E-state index contributed by atoms with van der Waals surface area (Å²) >= 11 is 0. The SMILES string of the molecule is CC(NC(=O)c1ccc(=O)[nH]n1)C(N)=O. The number of nitrogens with two attached hydrogens (primary N) is 1. The molecule has 0 bridgehead atoms. The monoisotopic (exact) mass is 210 g/mol. The lowest BCUT2D eigenvalue weighted by atomic mass is 10.3. The highest BCUT2D eigenvalue weighted by Crippen LogP contribution is 1.90. The maximum atomic E-state index is 11.4. The van der Waals surface area contributed by atoms with Gasteiger partial charge in [-0.15, -0.1) is 0 Å². The molecule has 0 saturated carbocycles. The standard InChI is InChI=1S/C8H10N4O3/c1-4(7(9)14)10-8(15)5-2-3-6(13)12-11-5/h2-4H,1H3,(H2,9,14)(H,10,15)(H,12,13). The van der Waals surface area contributed by atoms with Crippen molar-refractivity contribution in [2.75, 3.05) is 0 Å². The van der Waals surface area contributed by atoms with E-state index >= 15 is 0 Å². The van der Waals surface area contributed by atoms with Crippen LogP contribution in [-0.4, -0.2) is 28.1 Å². The van der Waals surface area contributed by atoms with Gasteiger partial charge in [0.1, 0.15) is 11.7 Å². The molecule has 1 aromatic heterocycles. The molecular formula is C8H10N4O3. The summed E-state index contributed by atoms with van der Waals surface area (Å²) in [6.07, 6.45) is 0. The third-order valence-corrected chi connectivity index (χ3v) is 1.69. The molecule has 2 amide bonds. The molecule has 7 nitrogen and oxygen atoms in total. The van der Waals surface area contributed by atoms with Crippen molar-refractivity contribution in [1.29, 1.82) is 0 Å². The molecule has 0 radical (unpaired) electrons. The summed E-state index contributed by atoms with van der Waals surface area (Å²) in [6, 6.07) is 1.63. The Kier molecular flexibility index (Phi) is 3.17. The molecule has 1 aromatic rings. The number of hydrogen-bond donors (Lipinski definition) is 3. The van der Waals surface area contributed by atoms with E-state index in [4.69, 9.17) is 5.73 Å². The lowest BCUT2D eigenvalue weighted by Gasteiger charge is -2.08. The van der Waals surface area contributed by atoms with Gasteiger partial charge >= 0.3 is 0 Å². The number of H-pyrrole nitrogens is 1. The van der Waals surface area contributed by atoms with Crippen molar-refractivity contribution >= 4 is 11.8 Å². The van der Waals surface area contributed by atoms with Crippen LogP contribution in [0.4, 0.5) is 0 Å². The van der Waals surface area contributed by atoms with Gasteiger partial charge in [-0.3, -0.25) is 14.4 Å². The van der Waals surface area contributed by atoms with Crippen LogP contribution in [0.15, 0.2) is 16.9 Å². The van der Waals surface area contributed by atoms with Crippen molar-refractivity contribution in [2.45, 2.75) is 13.0 Å². The summed E-state index contributed by atoms with van der Waals surface area (Å²) < 4.78 is 0. The zero-order valence-electron chi connectivity index (χ0n) is 7.98. The topological polar surface area (TPSA) is 118 Å². The van der Waals surface area contributed by atoms with Gasteiger partial charge in [0.2, 0.25) is 5.91 Å². The van der Waals surface area contributed by atoms with E-state index in [1.165, 1.54) is 13.0 Å². The van der Waals surface area contributed by atoms with Crippen LogP contribution in [-0.2, 0) is 4.79 Å². The first-order valence-electron chi connectivity index (χ1n) is 4.16. The molecule has 15 heavy (non-hydrogen) atoms. The van der Waals surface area contributed by atoms with Crippen LogP contribution >= 0.6 is 0 Å². The van der Waals surface area contributed by atoms with E-state index in [-0.39, 0.29) is 5.69 Å². The fourth-order valence-electron chi connectivity index (χ4n) is 0.813. The summed E-state index contributed by atoms with van der Waals surface area (Å²) in [4.78, 5) is 32.7. The Morgan fingerprint density at radius 1 is 1.53 bits per heavy atom. The zero-order valence-corrected chi connectivity index (χ0v) is 7.98. The number of amides is 2. The number of nitrogens with one attached hydrogen (secondary N) is 2. The lowest BCUT2D eigenvalue weighted by molar-refractivity contribution is -0.119. The molecule has 0 spiro atoms. The highest BCUT2D eigenvalue weighted by molar-refractivity contribution is 5.95. The Hall–Kier alpha value is -2.18. The third-order valence-electron chi connectivity index (χ3n) is 1.69. The van der Waals surface area contributed by atoms with Crippen LogP contribution in [0.3, 0.4) is 0 Å². The Balaban J connectivity index is 2.73. The average Bonchev–Trinajstić information content (AvgIpc) is 2.18. The number of hydrogen-bond acceptors (Lipinski definition) is 4. The van der Waals surface area contributed by atoms with Gasteiger partial charge in [-0.05, 0) is 13.0 Å². The van der Waals surface area contributed by atoms with Crippen molar-refractivity contribution in [3.05, 3.63) is 28.2 Å². The number of primary amides is 1. The predicted octanol–water partition coefficient (Wildman–Crippen LogP) is -1.63. The molecule has 0 aliphatic heterocycles. The van der Waals surface area contributed by atoms with Gasteiger partial charge in [0.25, 0.3) is 11.5 Å². The number of nitrogens with zero attached hydrogens (tertiary/aromatic N) is 1. The fourth-order valence-corrected chi connectivity index (χ4v) is 0.813. The van der Waals surface area contributed by atoms with Gasteiger partial charge < -0.3 is 11.1 Å². The van der Waals surface area contributed by atoms with Gasteiger partial charge in [0, 0.05) is 6.07 Å². The molecule has 1 unspecified atom stereocenters. The number of aromatic nitrogens is 2. The fraction of sp³-hybridized carbons (Fsp3) is 0.250. The largest absolute Gasteiger partial charge is 0.368 e. The van der Waals surface area contributed by atoms with Crippen LogP contribution < -0.4 is 16.6 Å². The normalized spacial score (nSPS) is 11.8. The Morgan fingerprint density at radius 3 is 2.67 bits per heavy atom. The molecule has 1 rings (SSSR count). The van der Waals surface area contributed by atoms with Crippen molar-refractivity contribution < 1.29 is 9.59 Å². The molecule has 0 saturated heterocycles. The highest BCUT2D eigenvalue weighted by Gasteiger charge is 2.14. The van der Waals surface area contributed by atoms with Crippen LogP contribution in [0.2, 0.25) is 0 Å². The second kappa shape index (κ2) is 4.36. The predicted molar refractivity (Wildman–Crippen MR) is 51.0 cm³/mol. The van der Waals surface area contributed by atoms with Crippen LogP contribution in [0.1, 0.15) is 17.4 Å². The van der Waals surface area contributed by atoms with E-state index in [0.717, 1.165) is 6.07 Å². The Bertz CT molecular complexity index is 419. The molecule has 1 heterocycles. The molecule has 1 atom stereocenters.